The highest BCUT2D eigenvalue weighted by Crippen LogP contribution is 2.25. The fourth-order valence-electron chi connectivity index (χ4n) is 3.88. The van der Waals surface area contributed by atoms with Gasteiger partial charge in [-0.15, -0.1) is 0 Å². The molecule has 1 amide bonds. The lowest BCUT2D eigenvalue weighted by Crippen LogP contribution is -2.31. The second-order valence-electron chi connectivity index (χ2n) is 6.95. The van der Waals surface area contributed by atoms with Gasteiger partial charge >= 0.3 is 0 Å². The highest BCUT2D eigenvalue weighted by atomic mass is 16.5. The molecule has 1 aliphatic carbocycles. The number of rotatable bonds is 5. The standard InChI is InChI=1S/C20H28N2O3/c1-25-17-14-18(23)22-13-7-3-6-10-16(22)19(17)20(24)21-12-11-15-8-4-2-5-9-15/h8,14H,2-7,9-13H2,1H3,(H,21,24). The summed E-state index contributed by atoms with van der Waals surface area (Å²) in [6.45, 7) is 1.32. The number of hydrogen-bond donors (Lipinski definition) is 1. The lowest BCUT2D eigenvalue weighted by Gasteiger charge is -2.18. The van der Waals surface area contributed by atoms with E-state index in [1.54, 1.807) is 4.57 Å². The minimum Gasteiger partial charge on any atom is -0.496 e. The normalized spacial score (nSPS) is 17.2. The molecule has 0 spiro atoms. The third-order valence-corrected chi connectivity index (χ3v) is 5.24. The van der Waals surface area contributed by atoms with Crippen molar-refractivity contribution in [2.45, 2.75) is 64.3 Å². The Morgan fingerprint density at radius 1 is 1.20 bits per heavy atom. The van der Waals surface area contributed by atoms with E-state index in [1.807, 2.05) is 0 Å². The van der Waals surface area contributed by atoms with E-state index < -0.39 is 0 Å². The summed E-state index contributed by atoms with van der Waals surface area (Å²) in [5.74, 6) is 0.270. The highest BCUT2D eigenvalue weighted by molar-refractivity contribution is 5.98. The monoisotopic (exact) mass is 344 g/mol. The Kier molecular flexibility index (Phi) is 5.95. The van der Waals surface area contributed by atoms with Crippen LogP contribution in [0.25, 0.3) is 0 Å². The van der Waals surface area contributed by atoms with E-state index in [4.69, 9.17) is 4.74 Å². The summed E-state index contributed by atoms with van der Waals surface area (Å²) in [5.41, 5.74) is 2.75. The van der Waals surface area contributed by atoms with E-state index in [9.17, 15) is 9.59 Å². The molecule has 5 heteroatoms. The first-order chi connectivity index (χ1) is 12.2. The zero-order chi connectivity index (χ0) is 17.6. The van der Waals surface area contributed by atoms with Crippen LogP contribution < -0.4 is 15.6 Å². The number of amides is 1. The lowest BCUT2D eigenvalue weighted by molar-refractivity contribution is 0.0948. The van der Waals surface area contributed by atoms with Gasteiger partial charge in [0.05, 0.1) is 7.11 Å². The number of carbonyl (C=O) groups excluding carboxylic acids is 1. The molecule has 2 heterocycles. The first kappa shape index (κ1) is 17.8. The lowest BCUT2D eigenvalue weighted by atomic mass is 9.97. The second-order valence-corrected chi connectivity index (χ2v) is 6.95. The van der Waals surface area contributed by atoms with Crippen LogP contribution in [0.5, 0.6) is 5.75 Å². The van der Waals surface area contributed by atoms with E-state index in [2.05, 4.69) is 11.4 Å². The first-order valence-electron chi connectivity index (χ1n) is 9.47. The molecule has 2 aliphatic rings. The van der Waals surface area contributed by atoms with Crippen molar-refractivity contribution in [3.05, 3.63) is 39.3 Å². The van der Waals surface area contributed by atoms with E-state index in [-0.39, 0.29) is 11.5 Å². The van der Waals surface area contributed by atoms with Gasteiger partial charge in [-0.05, 0) is 51.4 Å². The molecule has 1 N–H and O–H groups in total. The number of fused-ring (bicyclic) bond motifs is 1. The maximum absolute atomic E-state index is 12.8. The highest BCUT2D eigenvalue weighted by Gasteiger charge is 2.23. The van der Waals surface area contributed by atoms with Crippen molar-refractivity contribution in [2.75, 3.05) is 13.7 Å². The molecular weight excluding hydrogens is 316 g/mol. The van der Waals surface area contributed by atoms with Crippen LogP contribution in [0.2, 0.25) is 0 Å². The van der Waals surface area contributed by atoms with E-state index in [0.29, 0.717) is 24.4 Å². The SMILES string of the molecule is COc1cc(=O)n2c(c1C(=O)NCCC1=CCCCC1)CCCCC2. The van der Waals surface area contributed by atoms with Gasteiger partial charge in [-0.1, -0.05) is 18.1 Å². The predicted molar refractivity (Wildman–Crippen MR) is 98.3 cm³/mol. The van der Waals surface area contributed by atoms with Gasteiger partial charge in [0.15, 0.2) is 0 Å². The molecule has 136 valence electrons. The van der Waals surface area contributed by atoms with Crippen molar-refractivity contribution in [1.82, 2.24) is 9.88 Å². The fourth-order valence-corrected chi connectivity index (χ4v) is 3.88. The Balaban J connectivity index is 1.78. The van der Waals surface area contributed by atoms with Gasteiger partial charge in [0.2, 0.25) is 0 Å². The Morgan fingerprint density at radius 2 is 2.04 bits per heavy atom. The number of allylic oxidation sites excluding steroid dienone is 1. The van der Waals surface area contributed by atoms with Crippen molar-refractivity contribution < 1.29 is 9.53 Å². The average molecular weight is 344 g/mol. The quantitative estimate of drug-likeness (QED) is 0.835. The third kappa shape index (κ3) is 4.14. The Labute approximate surface area is 149 Å². The van der Waals surface area contributed by atoms with Crippen molar-refractivity contribution in [1.29, 1.82) is 0 Å². The molecule has 5 nitrogen and oxygen atoms in total. The fraction of sp³-hybridized carbons (Fsp3) is 0.600. The molecule has 1 aliphatic heterocycles. The summed E-state index contributed by atoms with van der Waals surface area (Å²) in [6.07, 6.45) is 11.9. The van der Waals surface area contributed by atoms with Crippen molar-refractivity contribution in [3.63, 3.8) is 0 Å². The van der Waals surface area contributed by atoms with Crippen LogP contribution in [0, 0.1) is 0 Å². The Hall–Kier alpha value is -2.04. The number of carbonyl (C=O) groups is 1. The number of nitrogens with zero attached hydrogens (tertiary/aromatic N) is 1. The van der Waals surface area contributed by atoms with Gasteiger partial charge in [-0.3, -0.25) is 9.59 Å². The largest absolute Gasteiger partial charge is 0.496 e. The van der Waals surface area contributed by atoms with Gasteiger partial charge in [0.1, 0.15) is 11.3 Å². The van der Waals surface area contributed by atoms with Gasteiger partial charge in [-0.25, -0.2) is 0 Å². The molecule has 0 radical (unpaired) electrons. The number of aromatic nitrogens is 1. The molecule has 0 aromatic carbocycles. The molecule has 0 bridgehead atoms. The zero-order valence-electron chi connectivity index (χ0n) is 15.1. The maximum atomic E-state index is 12.8. The zero-order valence-corrected chi connectivity index (χ0v) is 15.1. The molecule has 0 saturated carbocycles. The summed E-state index contributed by atoms with van der Waals surface area (Å²) in [6, 6.07) is 1.45. The van der Waals surface area contributed by atoms with Crippen LogP contribution in [0.4, 0.5) is 0 Å². The van der Waals surface area contributed by atoms with Gasteiger partial charge in [0.25, 0.3) is 11.5 Å². The van der Waals surface area contributed by atoms with Crippen molar-refractivity contribution >= 4 is 5.91 Å². The number of hydrogen-bond acceptors (Lipinski definition) is 3. The summed E-state index contributed by atoms with van der Waals surface area (Å²) in [4.78, 5) is 25.2. The summed E-state index contributed by atoms with van der Waals surface area (Å²) < 4.78 is 7.12. The summed E-state index contributed by atoms with van der Waals surface area (Å²) in [5, 5.41) is 3.04. The topological polar surface area (TPSA) is 60.3 Å². The molecule has 0 saturated heterocycles. The van der Waals surface area contributed by atoms with E-state index >= 15 is 0 Å². The van der Waals surface area contributed by atoms with Crippen LogP contribution >= 0.6 is 0 Å². The smallest absolute Gasteiger partial charge is 0.256 e. The van der Waals surface area contributed by atoms with Crippen molar-refractivity contribution in [3.8, 4) is 5.75 Å². The number of nitrogens with one attached hydrogen (secondary N) is 1. The molecule has 1 aromatic rings. The van der Waals surface area contributed by atoms with Gasteiger partial charge in [-0.2, -0.15) is 0 Å². The molecule has 0 unspecified atom stereocenters. The number of pyridine rings is 1. The second kappa shape index (κ2) is 8.37. The predicted octanol–water partition coefficient (Wildman–Crippen LogP) is 3.20. The molecular formula is C20H28N2O3. The van der Waals surface area contributed by atoms with Crippen LogP contribution in [0.15, 0.2) is 22.5 Å². The number of ether oxygens (including phenoxy) is 1. The average Bonchev–Trinajstić information content (AvgIpc) is 2.88. The van der Waals surface area contributed by atoms with Crippen LogP contribution in [0.3, 0.4) is 0 Å². The summed E-state index contributed by atoms with van der Waals surface area (Å²) in [7, 11) is 1.52. The van der Waals surface area contributed by atoms with Gasteiger partial charge in [0, 0.05) is 24.8 Å². The van der Waals surface area contributed by atoms with Crippen LogP contribution in [-0.2, 0) is 13.0 Å². The van der Waals surface area contributed by atoms with E-state index in [1.165, 1.54) is 31.6 Å². The molecule has 25 heavy (non-hydrogen) atoms. The first-order valence-corrected chi connectivity index (χ1v) is 9.47. The van der Waals surface area contributed by atoms with Crippen molar-refractivity contribution in [2.24, 2.45) is 0 Å². The maximum Gasteiger partial charge on any atom is 0.256 e. The van der Waals surface area contributed by atoms with Crippen LogP contribution in [-0.4, -0.2) is 24.1 Å². The minimum absolute atomic E-state index is 0.0716. The molecule has 0 fully saturated rings. The Morgan fingerprint density at radius 3 is 2.80 bits per heavy atom. The summed E-state index contributed by atoms with van der Waals surface area (Å²) >= 11 is 0. The molecule has 3 rings (SSSR count). The molecule has 1 aromatic heterocycles. The number of methoxy groups -OCH3 is 1. The third-order valence-electron chi connectivity index (χ3n) is 5.24. The van der Waals surface area contributed by atoms with Gasteiger partial charge < -0.3 is 14.6 Å². The van der Waals surface area contributed by atoms with E-state index in [0.717, 1.165) is 50.6 Å². The minimum atomic E-state index is -0.126. The molecule has 0 atom stereocenters. The van der Waals surface area contributed by atoms with Crippen LogP contribution in [0.1, 0.15) is 67.4 Å². The Bertz CT molecular complexity index is 718.